The Morgan fingerprint density at radius 3 is 2.70 bits per heavy atom. The van der Waals surface area contributed by atoms with Crippen LogP contribution in [-0.2, 0) is 4.79 Å². The average Bonchev–Trinajstić information content (AvgIpc) is 3.16. The van der Waals surface area contributed by atoms with Crippen LogP contribution >= 0.6 is 0 Å². The Kier molecular flexibility index (Phi) is 5.60. The summed E-state index contributed by atoms with van der Waals surface area (Å²) in [5, 5.41) is 12.5. The summed E-state index contributed by atoms with van der Waals surface area (Å²) in [4.78, 5) is 11.7. The van der Waals surface area contributed by atoms with Crippen LogP contribution in [0.25, 0.3) is 11.3 Å². The molecule has 0 aliphatic rings. The minimum atomic E-state index is -0.462. The second-order valence-electron chi connectivity index (χ2n) is 5.40. The van der Waals surface area contributed by atoms with Crippen molar-refractivity contribution in [3.8, 4) is 23.1 Å². The molecule has 0 unspecified atom stereocenters. The van der Waals surface area contributed by atoms with Crippen molar-refractivity contribution < 1.29 is 18.3 Å². The minimum Gasteiger partial charge on any atom is -0.484 e. The van der Waals surface area contributed by atoms with E-state index in [1.165, 1.54) is 12.3 Å². The molecule has 3 rings (SSSR count). The van der Waals surface area contributed by atoms with E-state index in [-0.39, 0.29) is 12.4 Å². The molecule has 0 saturated heterocycles. The molecule has 0 atom stereocenters. The predicted octanol–water partition coefficient (Wildman–Crippen LogP) is 3.49. The number of ether oxygens (including phenoxy) is 1. The molecule has 0 aliphatic carbocycles. The van der Waals surface area contributed by atoms with Gasteiger partial charge < -0.3 is 9.15 Å². The Hall–Kier alpha value is -3.92. The molecular formula is C20H14FN3O3. The summed E-state index contributed by atoms with van der Waals surface area (Å²) >= 11 is 0. The highest BCUT2D eigenvalue weighted by atomic mass is 19.1. The van der Waals surface area contributed by atoms with Gasteiger partial charge in [0, 0.05) is 0 Å². The van der Waals surface area contributed by atoms with Gasteiger partial charge in [0.15, 0.2) is 6.61 Å². The maximum Gasteiger partial charge on any atom is 0.277 e. The van der Waals surface area contributed by atoms with E-state index >= 15 is 0 Å². The van der Waals surface area contributed by atoms with Gasteiger partial charge in [0.25, 0.3) is 5.91 Å². The van der Waals surface area contributed by atoms with Gasteiger partial charge in [0.2, 0.25) is 0 Å². The number of hydrogen-bond acceptors (Lipinski definition) is 5. The zero-order chi connectivity index (χ0) is 19.1. The highest BCUT2D eigenvalue weighted by Crippen LogP contribution is 2.24. The zero-order valence-electron chi connectivity index (χ0n) is 14.1. The van der Waals surface area contributed by atoms with Gasteiger partial charge in [-0.05, 0) is 48.5 Å². The number of nitrogens with zero attached hydrogens (tertiary/aromatic N) is 2. The van der Waals surface area contributed by atoms with E-state index in [9.17, 15) is 9.18 Å². The highest BCUT2D eigenvalue weighted by Gasteiger charge is 2.08. The van der Waals surface area contributed by atoms with E-state index in [1.54, 1.807) is 54.6 Å². The van der Waals surface area contributed by atoms with Gasteiger partial charge in [0.05, 0.1) is 23.4 Å². The molecule has 6 nitrogen and oxygen atoms in total. The molecule has 7 heteroatoms. The van der Waals surface area contributed by atoms with Gasteiger partial charge in [-0.15, -0.1) is 0 Å². The van der Waals surface area contributed by atoms with Crippen molar-refractivity contribution in [2.75, 3.05) is 6.61 Å². The summed E-state index contributed by atoms with van der Waals surface area (Å²) in [7, 11) is 0. The van der Waals surface area contributed by atoms with Crippen LogP contribution in [-0.4, -0.2) is 18.7 Å². The lowest BCUT2D eigenvalue weighted by molar-refractivity contribution is -0.123. The molecule has 0 aliphatic heterocycles. The Morgan fingerprint density at radius 2 is 1.96 bits per heavy atom. The summed E-state index contributed by atoms with van der Waals surface area (Å²) < 4.78 is 24.5. The van der Waals surface area contributed by atoms with E-state index < -0.39 is 5.91 Å². The van der Waals surface area contributed by atoms with Crippen molar-refractivity contribution in [2.24, 2.45) is 5.10 Å². The number of hydrogen-bond donors (Lipinski definition) is 1. The number of carbonyl (C=O) groups excluding carboxylic acids is 1. The fourth-order valence-corrected chi connectivity index (χ4v) is 2.20. The number of nitrogens with one attached hydrogen (secondary N) is 1. The van der Waals surface area contributed by atoms with E-state index in [2.05, 4.69) is 10.5 Å². The molecule has 0 saturated carbocycles. The first-order valence-electron chi connectivity index (χ1n) is 7.95. The first kappa shape index (κ1) is 17.9. The quantitative estimate of drug-likeness (QED) is 0.536. The molecule has 1 aromatic heterocycles. The van der Waals surface area contributed by atoms with E-state index in [0.717, 1.165) is 0 Å². The number of nitriles is 1. The predicted molar refractivity (Wildman–Crippen MR) is 96.5 cm³/mol. The summed E-state index contributed by atoms with van der Waals surface area (Å²) in [6.45, 7) is -0.234. The standard InChI is InChI=1S/C20H14FN3O3/c21-18-4-2-1-3-17(18)19-10-9-16(27-19)12-23-24-20(25)13-26-15-7-5-14(11-22)6-8-15/h1-10,12H,13H2,(H,24,25)/b23-12-. The molecule has 0 radical (unpaired) electrons. The van der Waals surface area contributed by atoms with Crippen molar-refractivity contribution in [1.82, 2.24) is 5.43 Å². The van der Waals surface area contributed by atoms with Gasteiger partial charge in [0.1, 0.15) is 23.1 Å². The number of amides is 1. The SMILES string of the molecule is N#Cc1ccc(OCC(=O)N/N=C\c2ccc(-c3ccccc3F)o2)cc1. The van der Waals surface area contributed by atoms with Crippen molar-refractivity contribution in [3.05, 3.63) is 77.8 Å². The number of furan rings is 1. The monoisotopic (exact) mass is 363 g/mol. The molecule has 1 amide bonds. The van der Waals surface area contributed by atoms with Crippen LogP contribution in [0.3, 0.4) is 0 Å². The molecule has 3 aromatic rings. The lowest BCUT2D eigenvalue weighted by atomic mass is 10.1. The smallest absolute Gasteiger partial charge is 0.277 e. The van der Waals surface area contributed by atoms with Crippen LogP contribution in [0.1, 0.15) is 11.3 Å². The van der Waals surface area contributed by atoms with Gasteiger partial charge in [-0.3, -0.25) is 4.79 Å². The van der Waals surface area contributed by atoms with E-state index in [4.69, 9.17) is 14.4 Å². The number of rotatable bonds is 6. The third-order valence-electron chi connectivity index (χ3n) is 3.50. The third-order valence-corrected chi connectivity index (χ3v) is 3.50. The fourth-order valence-electron chi connectivity index (χ4n) is 2.20. The molecule has 0 fully saturated rings. The molecule has 134 valence electrons. The maximum absolute atomic E-state index is 13.7. The summed E-state index contributed by atoms with van der Waals surface area (Å²) in [6.07, 6.45) is 1.31. The zero-order valence-corrected chi connectivity index (χ0v) is 14.1. The average molecular weight is 363 g/mol. The van der Waals surface area contributed by atoms with Crippen molar-refractivity contribution >= 4 is 12.1 Å². The molecule has 27 heavy (non-hydrogen) atoms. The normalized spacial score (nSPS) is 10.5. The number of benzene rings is 2. The van der Waals surface area contributed by atoms with Crippen LogP contribution in [0.4, 0.5) is 4.39 Å². The number of hydrazone groups is 1. The molecular weight excluding hydrogens is 349 g/mol. The lowest BCUT2D eigenvalue weighted by Crippen LogP contribution is -2.24. The largest absolute Gasteiger partial charge is 0.484 e. The van der Waals surface area contributed by atoms with Crippen LogP contribution in [0, 0.1) is 17.1 Å². The van der Waals surface area contributed by atoms with Crippen molar-refractivity contribution in [1.29, 1.82) is 5.26 Å². The lowest BCUT2D eigenvalue weighted by Gasteiger charge is -2.04. The van der Waals surface area contributed by atoms with Crippen LogP contribution in [0.15, 0.2) is 70.2 Å². The van der Waals surface area contributed by atoms with Crippen molar-refractivity contribution in [2.45, 2.75) is 0 Å². The molecule has 0 bridgehead atoms. The van der Waals surface area contributed by atoms with E-state index in [0.29, 0.717) is 28.4 Å². The first-order valence-corrected chi connectivity index (χ1v) is 7.95. The Balaban J connectivity index is 1.51. The maximum atomic E-state index is 13.7. The van der Waals surface area contributed by atoms with Gasteiger partial charge in [-0.25, -0.2) is 9.82 Å². The van der Waals surface area contributed by atoms with Crippen LogP contribution in [0.5, 0.6) is 5.75 Å². The molecule has 0 spiro atoms. The summed E-state index contributed by atoms with van der Waals surface area (Å²) in [5.41, 5.74) is 3.15. The topological polar surface area (TPSA) is 87.6 Å². The van der Waals surface area contributed by atoms with Gasteiger partial charge >= 0.3 is 0 Å². The van der Waals surface area contributed by atoms with Gasteiger partial charge in [-0.1, -0.05) is 12.1 Å². The van der Waals surface area contributed by atoms with Crippen LogP contribution < -0.4 is 10.2 Å². The second-order valence-corrected chi connectivity index (χ2v) is 5.40. The van der Waals surface area contributed by atoms with Crippen molar-refractivity contribution in [3.63, 3.8) is 0 Å². The Bertz CT molecular complexity index is 1000. The van der Waals surface area contributed by atoms with Gasteiger partial charge in [-0.2, -0.15) is 10.4 Å². The fraction of sp³-hybridized carbons (Fsp3) is 0.0500. The number of halogens is 1. The van der Waals surface area contributed by atoms with Crippen LogP contribution in [0.2, 0.25) is 0 Å². The third kappa shape index (κ3) is 4.80. The molecule has 1 heterocycles. The Labute approximate surface area is 154 Å². The second kappa shape index (κ2) is 8.45. The first-order chi connectivity index (χ1) is 13.2. The molecule has 2 aromatic carbocycles. The summed E-state index contributed by atoms with van der Waals surface area (Å²) in [6, 6.07) is 17.9. The van der Waals surface area contributed by atoms with E-state index in [1.807, 2.05) is 6.07 Å². The summed E-state index contributed by atoms with van der Waals surface area (Å²) in [5.74, 6) is 0.348. The Morgan fingerprint density at radius 1 is 1.19 bits per heavy atom. The number of carbonyl (C=O) groups is 1. The minimum absolute atomic E-state index is 0.234. The highest BCUT2D eigenvalue weighted by molar-refractivity contribution is 5.81. The molecule has 1 N–H and O–H groups in total.